The zero-order chi connectivity index (χ0) is 27.2. The number of nitrogens with one attached hydrogen (secondary N) is 3. The molecule has 0 fully saturated rings. The number of benzene rings is 2. The van der Waals surface area contributed by atoms with Crippen LogP contribution >= 0.6 is 0 Å². The molecule has 0 spiro atoms. The fourth-order valence-electron chi connectivity index (χ4n) is 4.83. The van der Waals surface area contributed by atoms with Crippen LogP contribution < -0.4 is 10.7 Å². The number of halogens is 4. The molecule has 0 saturated heterocycles. The van der Waals surface area contributed by atoms with Crippen LogP contribution in [0.3, 0.4) is 0 Å². The molecule has 196 valence electrons. The summed E-state index contributed by atoms with van der Waals surface area (Å²) in [7, 11) is 3.93. The van der Waals surface area contributed by atoms with Crippen LogP contribution in [-0.2, 0) is 17.5 Å². The molecule has 3 N–H and O–H groups in total. The van der Waals surface area contributed by atoms with Crippen molar-refractivity contribution in [3.8, 4) is 11.3 Å². The van der Waals surface area contributed by atoms with Crippen molar-refractivity contribution in [1.82, 2.24) is 20.6 Å². The van der Waals surface area contributed by atoms with Crippen molar-refractivity contribution < 1.29 is 27.2 Å². The highest BCUT2D eigenvalue weighted by molar-refractivity contribution is 6.01. The molecular weight excluding hydrogens is 502 g/mol. The number of alkyl halides is 3. The van der Waals surface area contributed by atoms with Gasteiger partial charge < -0.3 is 15.2 Å². The molecule has 0 bridgehead atoms. The standard InChI is InChI=1S/C27H23F4N5O2/c1-36(2)13-14-5-3-6-15(9-14)24-19-12-32-35-26(38)18-10-16(11-21(34-24)22(18)19)33-25(37)17-7-4-8-20(23(17)28)27(29,30)31/h3-9,11-12,18,34H,10,13H2,1-2H3,(H,33,37)(H,35,38). The molecule has 1 aliphatic carbocycles. The lowest BCUT2D eigenvalue weighted by Crippen LogP contribution is -2.31. The van der Waals surface area contributed by atoms with E-state index in [2.05, 4.69) is 20.8 Å². The van der Waals surface area contributed by atoms with Crippen LogP contribution in [0.25, 0.3) is 17.3 Å². The van der Waals surface area contributed by atoms with Crippen LogP contribution in [0.15, 0.2) is 53.3 Å². The van der Waals surface area contributed by atoms with E-state index in [1.165, 1.54) is 0 Å². The third kappa shape index (κ3) is 4.72. The van der Waals surface area contributed by atoms with Gasteiger partial charge in [-0.1, -0.05) is 24.3 Å². The molecular formula is C27H23F4N5O2. The van der Waals surface area contributed by atoms with E-state index in [0.717, 1.165) is 41.1 Å². The number of aromatic amines is 1. The molecule has 0 radical (unpaired) electrons. The Morgan fingerprint density at radius 2 is 1.95 bits per heavy atom. The summed E-state index contributed by atoms with van der Waals surface area (Å²) in [6.07, 6.45) is -1.73. The van der Waals surface area contributed by atoms with Crippen molar-refractivity contribution in [3.05, 3.63) is 87.5 Å². The van der Waals surface area contributed by atoms with E-state index in [4.69, 9.17) is 0 Å². The minimum atomic E-state index is -4.95. The third-order valence-electron chi connectivity index (χ3n) is 6.42. The van der Waals surface area contributed by atoms with E-state index in [-0.39, 0.29) is 12.1 Å². The largest absolute Gasteiger partial charge is 0.419 e. The number of hydrogen-bond donors (Lipinski definition) is 3. The smallest absolute Gasteiger partial charge is 0.354 e. The first-order chi connectivity index (χ1) is 18.0. The SMILES string of the molecule is CN(C)Cc1cccc(-c2[nH]c3c4c2C=NNC(=O)C4CC(NC(=O)c2cccc(C(F)(F)F)c2F)=C3)c1. The third-order valence-corrected chi connectivity index (χ3v) is 6.42. The second kappa shape index (κ2) is 9.56. The van der Waals surface area contributed by atoms with Gasteiger partial charge in [-0.2, -0.15) is 18.3 Å². The second-order valence-corrected chi connectivity index (χ2v) is 9.46. The van der Waals surface area contributed by atoms with E-state index >= 15 is 0 Å². The number of carbonyl (C=O) groups is 2. The normalized spacial score (nSPS) is 16.6. The van der Waals surface area contributed by atoms with Gasteiger partial charge >= 0.3 is 6.18 Å². The number of aromatic nitrogens is 1. The van der Waals surface area contributed by atoms with Gasteiger partial charge in [0.1, 0.15) is 5.82 Å². The van der Waals surface area contributed by atoms with Crippen LogP contribution in [0.1, 0.15) is 50.6 Å². The Kier molecular flexibility index (Phi) is 6.39. The fraction of sp³-hybridized carbons (Fsp3) is 0.222. The topological polar surface area (TPSA) is 89.6 Å². The maximum Gasteiger partial charge on any atom is 0.419 e. The number of carbonyl (C=O) groups excluding carboxylic acids is 2. The molecule has 2 heterocycles. The monoisotopic (exact) mass is 525 g/mol. The maximum absolute atomic E-state index is 14.5. The first kappa shape index (κ1) is 25.4. The second-order valence-electron chi connectivity index (χ2n) is 9.46. The lowest BCUT2D eigenvalue weighted by molar-refractivity contribution is -0.140. The van der Waals surface area contributed by atoms with Crippen LogP contribution in [0.2, 0.25) is 0 Å². The predicted octanol–water partition coefficient (Wildman–Crippen LogP) is 4.62. The number of H-pyrrole nitrogens is 1. The minimum Gasteiger partial charge on any atom is -0.354 e. The number of allylic oxidation sites excluding steroid dienone is 1. The van der Waals surface area contributed by atoms with Crippen molar-refractivity contribution in [1.29, 1.82) is 0 Å². The van der Waals surface area contributed by atoms with Crippen molar-refractivity contribution in [2.24, 2.45) is 5.10 Å². The molecule has 3 aromatic rings. The average molecular weight is 526 g/mol. The van der Waals surface area contributed by atoms with Crippen molar-refractivity contribution in [2.45, 2.75) is 25.1 Å². The molecule has 11 heteroatoms. The van der Waals surface area contributed by atoms with Gasteiger partial charge in [-0.25, -0.2) is 9.82 Å². The Balaban J connectivity index is 1.53. The summed E-state index contributed by atoms with van der Waals surface area (Å²) in [6, 6.07) is 10.4. The summed E-state index contributed by atoms with van der Waals surface area (Å²) in [5.74, 6) is -3.84. The van der Waals surface area contributed by atoms with E-state index in [0.29, 0.717) is 17.3 Å². The zero-order valence-electron chi connectivity index (χ0n) is 20.4. The molecule has 1 unspecified atom stereocenters. The highest BCUT2D eigenvalue weighted by atomic mass is 19.4. The Morgan fingerprint density at radius 1 is 1.18 bits per heavy atom. The lowest BCUT2D eigenvalue weighted by atomic mass is 9.85. The Hall–Kier alpha value is -4.25. The van der Waals surface area contributed by atoms with Crippen molar-refractivity contribution >= 4 is 24.1 Å². The highest BCUT2D eigenvalue weighted by Crippen LogP contribution is 2.40. The molecule has 1 atom stereocenters. The summed E-state index contributed by atoms with van der Waals surface area (Å²) >= 11 is 0. The molecule has 2 aromatic carbocycles. The summed E-state index contributed by atoms with van der Waals surface area (Å²) in [4.78, 5) is 31.0. The summed E-state index contributed by atoms with van der Waals surface area (Å²) in [6.45, 7) is 0.725. The van der Waals surface area contributed by atoms with Crippen molar-refractivity contribution in [3.63, 3.8) is 0 Å². The Morgan fingerprint density at radius 3 is 2.68 bits per heavy atom. The number of nitrogens with zero attached hydrogens (tertiary/aromatic N) is 2. The summed E-state index contributed by atoms with van der Waals surface area (Å²) in [5, 5.41) is 6.54. The van der Waals surface area contributed by atoms with Gasteiger partial charge in [-0.15, -0.1) is 0 Å². The van der Waals surface area contributed by atoms with Crippen LogP contribution in [0, 0.1) is 5.82 Å². The van der Waals surface area contributed by atoms with E-state index < -0.39 is 40.9 Å². The van der Waals surface area contributed by atoms with Gasteiger partial charge in [0, 0.05) is 29.9 Å². The molecule has 38 heavy (non-hydrogen) atoms. The van der Waals surface area contributed by atoms with Gasteiger partial charge in [0.2, 0.25) is 5.91 Å². The quantitative estimate of drug-likeness (QED) is 0.425. The van der Waals surface area contributed by atoms with Crippen LogP contribution in [0.4, 0.5) is 17.6 Å². The molecule has 5 rings (SSSR count). The van der Waals surface area contributed by atoms with Gasteiger partial charge in [-0.05, 0) is 55.1 Å². The Labute approximate surface area is 215 Å². The first-order valence-electron chi connectivity index (χ1n) is 11.7. The van der Waals surface area contributed by atoms with E-state index in [1.807, 2.05) is 43.3 Å². The average Bonchev–Trinajstić information content (AvgIpc) is 3.12. The number of hydrazone groups is 1. The molecule has 0 saturated carbocycles. The number of hydrogen-bond acceptors (Lipinski definition) is 4. The molecule has 1 aliphatic heterocycles. The Bertz CT molecular complexity index is 1500. The zero-order valence-corrected chi connectivity index (χ0v) is 20.4. The molecule has 2 amide bonds. The van der Waals surface area contributed by atoms with E-state index in [9.17, 15) is 27.2 Å². The molecule has 1 aromatic heterocycles. The van der Waals surface area contributed by atoms with E-state index in [1.54, 1.807) is 12.3 Å². The minimum absolute atomic E-state index is 0.0411. The van der Waals surface area contributed by atoms with Crippen molar-refractivity contribution in [2.75, 3.05) is 14.1 Å². The van der Waals surface area contributed by atoms with Gasteiger partial charge in [0.25, 0.3) is 5.91 Å². The van der Waals surface area contributed by atoms with Gasteiger partial charge in [0.15, 0.2) is 0 Å². The number of rotatable bonds is 5. The van der Waals surface area contributed by atoms with Gasteiger partial charge in [0.05, 0.1) is 29.0 Å². The molecule has 2 aliphatic rings. The summed E-state index contributed by atoms with van der Waals surface area (Å²) in [5.41, 5.74) is 5.10. The highest BCUT2D eigenvalue weighted by Gasteiger charge is 2.37. The first-order valence-corrected chi connectivity index (χ1v) is 11.7. The van der Waals surface area contributed by atoms with Crippen LogP contribution in [-0.4, -0.2) is 42.0 Å². The maximum atomic E-state index is 14.5. The summed E-state index contributed by atoms with van der Waals surface area (Å²) < 4.78 is 53.9. The van der Waals surface area contributed by atoms with Gasteiger partial charge in [-0.3, -0.25) is 9.59 Å². The lowest BCUT2D eigenvalue weighted by Gasteiger charge is -2.22. The fourth-order valence-corrected chi connectivity index (χ4v) is 4.83. The van der Waals surface area contributed by atoms with Crippen LogP contribution in [0.5, 0.6) is 0 Å². The number of amides is 2. The molecule has 7 nitrogen and oxygen atoms in total. The predicted molar refractivity (Wildman–Crippen MR) is 134 cm³/mol.